The van der Waals surface area contributed by atoms with E-state index in [9.17, 15) is 0 Å². The molecule has 0 radical (unpaired) electrons. The minimum atomic E-state index is 0.750. The van der Waals surface area contributed by atoms with E-state index in [0.29, 0.717) is 0 Å². The molecule has 0 aliphatic carbocycles. The predicted octanol–water partition coefficient (Wildman–Crippen LogP) is 3.62. The first-order valence-corrected chi connectivity index (χ1v) is 8.57. The van der Waals surface area contributed by atoms with E-state index in [2.05, 4.69) is 30.7 Å². The Bertz CT molecular complexity index is 236. The van der Waals surface area contributed by atoms with E-state index < -0.39 is 0 Å². The largest absolute Gasteiger partial charge is 0.306 e. The highest BCUT2D eigenvalue weighted by Crippen LogP contribution is 2.27. The van der Waals surface area contributed by atoms with Gasteiger partial charge in [0.2, 0.25) is 0 Å². The van der Waals surface area contributed by atoms with Crippen LogP contribution in [0.4, 0.5) is 0 Å². The van der Waals surface area contributed by atoms with Crippen molar-refractivity contribution >= 4 is 0 Å². The Hall–Kier alpha value is -0.0800. The van der Waals surface area contributed by atoms with Crippen LogP contribution in [-0.2, 0) is 0 Å². The van der Waals surface area contributed by atoms with Crippen LogP contribution in [0.5, 0.6) is 0 Å². The van der Waals surface area contributed by atoms with Crippen LogP contribution in [0.3, 0.4) is 0 Å². The molecule has 19 heavy (non-hydrogen) atoms. The SMILES string of the molecule is CC(C)N1CCC(CCCC2CCN(C)CC2)CC1. The molecular weight excluding hydrogens is 232 g/mol. The molecule has 2 rings (SSSR count). The van der Waals surface area contributed by atoms with Crippen molar-refractivity contribution in [2.75, 3.05) is 33.2 Å². The maximum Gasteiger partial charge on any atom is 0.00385 e. The van der Waals surface area contributed by atoms with Crippen molar-refractivity contribution in [2.45, 2.75) is 64.8 Å². The zero-order valence-electron chi connectivity index (χ0n) is 13.4. The molecule has 2 saturated heterocycles. The van der Waals surface area contributed by atoms with Gasteiger partial charge in [-0.2, -0.15) is 0 Å². The lowest BCUT2D eigenvalue weighted by Gasteiger charge is -2.35. The quantitative estimate of drug-likeness (QED) is 0.750. The monoisotopic (exact) mass is 266 g/mol. The molecule has 2 aliphatic rings. The predicted molar refractivity (Wildman–Crippen MR) is 83.5 cm³/mol. The van der Waals surface area contributed by atoms with E-state index >= 15 is 0 Å². The van der Waals surface area contributed by atoms with Gasteiger partial charge in [-0.25, -0.2) is 0 Å². The average Bonchev–Trinajstić information content (AvgIpc) is 2.41. The second-order valence-electron chi connectivity index (χ2n) is 7.25. The highest BCUT2D eigenvalue weighted by Gasteiger charge is 2.21. The summed E-state index contributed by atoms with van der Waals surface area (Å²) >= 11 is 0. The molecule has 0 unspecified atom stereocenters. The summed E-state index contributed by atoms with van der Waals surface area (Å²) in [5.74, 6) is 2.06. The Balaban J connectivity index is 1.54. The molecule has 0 aromatic rings. The van der Waals surface area contributed by atoms with Gasteiger partial charge in [0.25, 0.3) is 0 Å². The topological polar surface area (TPSA) is 6.48 Å². The Kier molecular flexibility index (Phi) is 6.15. The van der Waals surface area contributed by atoms with Crippen LogP contribution in [-0.4, -0.2) is 49.1 Å². The van der Waals surface area contributed by atoms with E-state index in [0.717, 1.165) is 17.9 Å². The van der Waals surface area contributed by atoms with Crippen molar-refractivity contribution in [1.29, 1.82) is 0 Å². The van der Waals surface area contributed by atoms with Gasteiger partial charge in [0.05, 0.1) is 0 Å². The van der Waals surface area contributed by atoms with E-state index in [-0.39, 0.29) is 0 Å². The lowest BCUT2D eigenvalue weighted by molar-refractivity contribution is 0.141. The van der Waals surface area contributed by atoms with E-state index in [1.54, 1.807) is 0 Å². The molecule has 0 aromatic heterocycles. The van der Waals surface area contributed by atoms with Crippen molar-refractivity contribution in [3.05, 3.63) is 0 Å². The molecule has 0 atom stereocenters. The smallest absolute Gasteiger partial charge is 0.00385 e. The highest BCUT2D eigenvalue weighted by molar-refractivity contribution is 4.75. The summed E-state index contributed by atoms with van der Waals surface area (Å²) in [6, 6.07) is 0.750. The maximum absolute atomic E-state index is 2.65. The minimum Gasteiger partial charge on any atom is -0.306 e. The van der Waals surface area contributed by atoms with E-state index in [1.165, 1.54) is 71.1 Å². The number of piperidine rings is 2. The summed E-state index contributed by atoms with van der Waals surface area (Å²) < 4.78 is 0. The average molecular weight is 266 g/mol. The third kappa shape index (κ3) is 5.07. The Labute approximate surface area is 120 Å². The van der Waals surface area contributed by atoms with Gasteiger partial charge in [-0.15, -0.1) is 0 Å². The molecular formula is C17H34N2. The lowest BCUT2D eigenvalue weighted by atomic mass is 9.87. The molecule has 0 aromatic carbocycles. The number of hydrogen-bond acceptors (Lipinski definition) is 2. The van der Waals surface area contributed by atoms with Crippen LogP contribution in [0.2, 0.25) is 0 Å². The zero-order valence-corrected chi connectivity index (χ0v) is 13.4. The van der Waals surface area contributed by atoms with Gasteiger partial charge in [0, 0.05) is 6.04 Å². The first-order valence-electron chi connectivity index (χ1n) is 8.57. The standard InChI is InChI=1S/C17H34N2/c1-15(2)19-13-9-17(10-14-19)6-4-5-16-7-11-18(3)12-8-16/h15-17H,4-14H2,1-3H3. The molecule has 2 fully saturated rings. The van der Waals surface area contributed by atoms with Gasteiger partial charge >= 0.3 is 0 Å². The highest BCUT2D eigenvalue weighted by atomic mass is 15.1. The van der Waals surface area contributed by atoms with Crippen molar-refractivity contribution in [3.8, 4) is 0 Å². The molecule has 2 aliphatic heterocycles. The van der Waals surface area contributed by atoms with Crippen LogP contribution in [0, 0.1) is 11.8 Å². The third-order valence-corrected chi connectivity index (χ3v) is 5.44. The fraction of sp³-hybridized carbons (Fsp3) is 1.00. The molecule has 0 saturated carbocycles. The molecule has 0 bridgehead atoms. The minimum absolute atomic E-state index is 0.750. The second kappa shape index (κ2) is 7.64. The maximum atomic E-state index is 2.65. The summed E-state index contributed by atoms with van der Waals surface area (Å²) in [7, 11) is 2.26. The summed E-state index contributed by atoms with van der Waals surface area (Å²) in [6.45, 7) is 10.0. The summed E-state index contributed by atoms with van der Waals surface area (Å²) in [6.07, 6.45) is 10.3. The molecule has 112 valence electrons. The van der Waals surface area contributed by atoms with E-state index in [4.69, 9.17) is 0 Å². The lowest BCUT2D eigenvalue weighted by Crippen LogP contribution is -2.38. The van der Waals surface area contributed by atoms with Crippen LogP contribution >= 0.6 is 0 Å². The Morgan fingerprint density at radius 2 is 1.32 bits per heavy atom. The molecule has 2 heterocycles. The molecule has 0 amide bonds. The van der Waals surface area contributed by atoms with Crippen molar-refractivity contribution in [2.24, 2.45) is 11.8 Å². The normalized spacial score (nSPS) is 25.3. The van der Waals surface area contributed by atoms with Gasteiger partial charge in [-0.3, -0.25) is 0 Å². The van der Waals surface area contributed by atoms with Crippen molar-refractivity contribution < 1.29 is 0 Å². The number of nitrogens with zero attached hydrogens (tertiary/aromatic N) is 2. The van der Waals surface area contributed by atoms with Crippen molar-refractivity contribution in [1.82, 2.24) is 9.80 Å². The van der Waals surface area contributed by atoms with E-state index in [1.807, 2.05) is 0 Å². The fourth-order valence-corrected chi connectivity index (χ4v) is 3.80. The van der Waals surface area contributed by atoms with Crippen LogP contribution in [0.15, 0.2) is 0 Å². The Morgan fingerprint density at radius 3 is 1.79 bits per heavy atom. The van der Waals surface area contributed by atoms with Crippen LogP contribution in [0.25, 0.3) is 0 Å². The third-order valence-electron chi connectivity index (χ3n) is 5.44. The zero-order chi connectivity index (χ0) is 13.7. The number of rotatable bonds is 5. The molecule has 2 heteroatoms. The first-order chi connectivity index (χ1) is 9.15. The number of likely N-dealkylation sites (tertiary alicyclic amines) is 2. The van der Waals surface area contributed by atoms with Gasteiger partial charge < -0.3 is 9.80 Å². The molecule has 0 spiro atoms. The summed E-state index contributed by atoms with van der Waals surface area (Å²) in [5, 5.41) is 0. The second-order valence-corrected chi connectivity index (χ2v) is 7.25. The van der Waals surface area contributed by atoms with Gasteiger partial charge in [0.1, 0.15) is 0 Å². The van der Waals surface area contributed by atoms with Crippen LogP contribution < -0.4 is 0 Å². The van der Waals surface area contributed by atoms with Gasteiger partial charge in [-0.05, 0) is 84.6 Å². The Morgan fingerprint density at radius 1 is 0.842 bits per heavy atom. The fourth-order valence-electron chi connectivity index (χ4n) is 3.80. The molecule has 2 nitrogen and oxygen atoms in total. The summed E-state index contributed by atoms with van der Waals surface area (Å²) in [4.78, 5) is 5.13. The van der Waals surface area contributed by atoms with Crippen LogP contribution in [0.1, 0.15) is 58.8 Å². The van der Waals surface area contributed by atoms with Gasteiger partial charge in [-0.1, -0.05) is 19.3 Å². The first kappa shape index (κ1) is 15.3. The number of hydrogen-bond donors (Lipinski definition) is 0. The van der Waals surface area contributed by atoms with Crippen molar-refractivity contribution in [3.63, 3.8) is 0 Å². The summed E-state index contributed by atoms with van der Waals surface area (Å²) in [5.41, 5.74) is 0. The van der Waals surface area contributed by atoms with Gasteiger partial charge in [0.15, 0.2) is 0 Å². The molecule has 0 N–H and O–H groups in total.